The van der Waals surface area contributed by atoms with E-state index < -0.39 is 0 Å². The Morgan fingerprint density at radius 1 is 1.25 bits per heavy atom. The van der Waals surface area contributed by atoms with Crippen molar-refractivity contribution >= 4 is 0 Å². The third-order valence-electron chi connectivity index (χ3n) is 4.83. The highest BCUT2D eigenvalue weighted by Gasteiger charge is 2.29. The first-order valence-electron chi connectivity index (χ1n) is 8.74. The number of ether oxygens (including phenoxy) is 1. The second kappa shape index (κ2) is 8.35. The van der Waals surface area contributed by atoms with Crippen LogP contribution in [0.4, 0.5) is 0 Å². The zero-order chi connectivity index (χ0) is 14.4. The molecule has 0 amide bonds. The SMILES string of the molecule is CCCC1CN(CC2CCOCC2)C(CC(C)C)CN1. The minimum atomic E-state index is 0.711. The maximum Gasteiger partial charge on any atom is 0.0469 e. The lowest BCUT2D eigenvalue weighted by molar-refractivity contribution is 0.0315. The molecule has 2 fully saturated rings. The molecule has 2 atom stereocenters. The maximum absolute atomic E-state index is 5.51. The molecule has 2 heterocycles. The highest BCUT2D eigenvalue weighted by Crippen LogP contribution is 2.22. The molecule has 0 aromatic heterocycles. The summed E-state index contributed by atoms with van der Waals surface area (Å²) in [5.74, 6) is 1.65. The van der Waals surface area contributed by atoms with Gasteiger partial charge in [-0.1, -0.05) is 27.2 Å². The molecule has 2 aliphatic heterocycles. The van der Waals surface area contributed by atoms with Crippen LogP contribution in [0.1, 0.15) is 52.9 Å². The number of rotatable bonds is 6. The Hall–Kier alpha value is -0.120. The number of hydrogen-bond acceptors (Lipinski definition) is 3. The van der Waals surface area contributed by atoms with Crippen LogP contribution < -0.4 is 5.32 Å². The van der Waals surface area contributed by atoms with Gasteiger partial charge in [-0.15, -0.1) is 0 Å². The summed E-state index contributed by atoms with van der Waals surface area (Å²) in [7, 11) is 0. The van der Waals surface area contributed by atoms with Crippen molar-refractivity contribution < 1.29 is 4.74 Å². The third kappa shape index (κ3) is 5.01. The molecule has 2 unspecified atom stereocenters. The molecule has 2 aliphatic rings. The van der Waals surface area contributed by atoms with Crippen molar-refractivity contribution in [1.82, 2.24) is 10.2 Å². The first-order chi connectivity index (χ1) is 9.69. The van der Waals surface area contributed by atoms with Gasteiger partial charge >= 0.3 is 0 Å². The van der Waals surface area contributed by atoms with Gasteiger partial charge in [0.25, 0.3) is 0 Å². The van der Waals surface area contributed by atoms with Gasteiger partial charge in [0.05, 0.1) is 0 Å². The molecule has 2 saturated heterocycles. The van der Waals surface area contributed by atoms with E-state index in [4.69, 9.17) is 4.74 Å². The fourth-order valence-electron chi connectivity index (χ4n) is 3.73. The van der Waals surface area contributed by atoms with Crippen LogP contribution in [-0.2, 0) is 4.74 Å². The van der Waals surface area contributed by atoms with Crippen molar-refractivity contribution in [3.05, 3.63) is 0 Å². The molecule has 0 saturated carbocycles. The Labute approximate surface area is 125 Å². The highest BCUT2D eigenvalue weighted by atomic mass is 16.5. The summed E-state index contributed by atoms with van der Waals surface area (Å²) in [5.41, 5.74) is 0. The molecule has 0 spiro atoms. The van der Waals surface area contributed by atoms with Gasteiger partial charge in [0.15, 0.2) is 0 Å². The molecule has 3 heteroatoms. The predicted molar refractivity (Wildman–Crippen MR) is 85.1 cm³/mol. The monoisotopic (exact) mass is 282 g/mol. The van der Waals surface area contributed by atoms with Crippen LogP contribution in [0.15, 0.2) is 0 Å². The van der Waals surface area contributed by atoms with Gasteiger partial charge in [-0.3, -0.25) is 4.90 Å². The van der Waals surface area contributed by atoms with Crippen LogP contribution in [0.3, 0.4) is 0 Å². The normalized spacial score (nSPS) is 30.0. The number of hydrogen-bond donors (Lipinski definition) is 1. The van der Waals surface area contributed by atoms with E-state index in [1.807, 2.05) is 0 Å². The Bertz CT molecular complexity index is 264. The minimum absolute atomic E-state index is 0.711. The van der Waals surface area contributed by atoms with Crippen LogP contribution in [-0.4, -0.2) is 49.8 Å². The fraction of sp³-hybridized carbons (Fsp3) is 1.00. The Morgan fingerprint density at radius 3 is 2.65 bits per heavy atom. The molecule has 118 valence electrons. The lowest BCUT2D eigenvalue weighted by atomic mass is 9.94. The summed E-state index contributed by atoms with van der Waals surface area (Å²) in [6.45, 7) is 12.7. The van der Waals surface area contributed by atoms with Gasteiger partial charge in [-0.2, -0.15) is 0 Å². The third-order valence-corrected chi connectivity index (χ3v) is 4.83. The van der Waals surface area contributed by atoms with E-state index in [9.17, 15) is 0 Å². The summed E-state index contributed by atoms with van der Waals surface area (Å²) in [5, 5.41) is 3.78. The molecule has 0 aromatic rings. The van der Waals surface area contributed by atoms with Crippen LogP contribution in [0.25, 0.3) is 0 Å². The largest absolute Gasteiger partial charge is 0.381 e. The topological polar surface area (TPSA) is 24.5 Å². The maximum atomic E-state index is 5.51. The van der Waals surface area contributed by atoms with E-state index in [1.165, 1.54) is 51.7 Å². The zero-order valence-corrected chi connectivity index (χ0v) is 13.7. The molecule has 2 rings (SSSR count). The van der Waals surface area contributed by atoms with E-state index in [2.05, 4.69) is 31.0 Å². The van der Waals surface area contributed by atoms with Crippen molar-refractivity contribution in [2.24, 2.45) is 11.8 Å². The summed E-state index contributed by atoms with van der Waals surface area (Å²) in [4.78, 5) is 2.80. The Kier molecular flexibility index (Phi) is 6.79. The second-order valence-electron chi connectivity index (χ2n) is 7.19. The molecule has 0 aromatic carbocycles. The van der Waals surface area contributed by atoms with E-state index in [-0.39, 0.29) is 0 Å². The molecular weight excluding hydrogens is 248 g/mol. The molecule has 3 nitrogen and oxygen atoms in total. The first kappa shape index (κ1) is 16.3. The van der Waals surface area contributed by atoms with Crippen molar-refractivity contribution in [2.45, 2.75) is 65.0 Å². The highest BCUT2D eigenvalue weighted by molar-refractivity contribution is 4.87. The van der Waals surface area contributed by atoms with Crippen molar-refractivity contribution in [3.63, 3.8) is 0 Å². The summed E-state index contributed by atoms with van der Waals surface area (Å²) in [6.07, 6.45) is 6.46. The summed E-state index contributed by atoms with van der Waals surface area (Å²) >= 11 is 0. The molecule has 20 heavy (non-hydrogen) atoms. The van der Waals surface area contributed by atoms with Gasteiger partial charge in [0.2, 0.25) is 0 Å². The molecule has 0 bridgehead atoms. The average Bonchev–Trinajstić information content (AvgIpc) is 2.43. The first-order valence-corrected chi connectivity index (χ1v) is 8.74. The van der Waals surface area contributed by atoms with Crippen LogP contribution in [0, 0.1) is 11.8 Å². The average molecular weight is 282 g/mol. The summed E-state index contributed by atoms with van der Waals surface area (Å²) < 4.78 is 5.51. The minimum Gasteiger partial charge on any atom is -0.381 e. The lowest BCUT2D eigenvalue weighted by Crippen LogP contribution is -2.57. The quantitative estimate of drug-likeness (QED) is 0.811. The fourth-order valence-corrected chi connectivity index (χ4v) is 3.73. The van der Waals surface area contributed by atoms with E-state index in [0.29, 0.717) is 6.04 Å². The van der Waals surface area contributed by atoms with Gasteiger partial charge in [0, 0.05) is 44.9 Å². The van der Waals surface area contributed by atoms with E-state index in [0.717, 1.165) is 31.1 Å². The van der Waals surface area contributed by atoms with Crippen LogP contribution >= 0.6 is 0 Å². The van der Waals surface area contributed by atoms with Crippen LogP contribution in [0.5, 0.6) is 0 Å². The van der Waals surface area contributed by atoms with Gasteiger partial charge in [-0.25, -0.2) is 0 Å². The number of piperazine rings is 1. The number of nitrogens with zero attached hydrogens (tertiary/aromatic N) is 1. The molecule has 0 radical (unpaired) electrons. The van der Waals surface area contributed by atoms with E-state index >= 15 is 0 Å². The van der Waals surface area contributed by atoms with Gasteiger partial charge < -0.3 is 10.1 Å². The zero-order valence-electron chi connectivity index (χ0n) is 13.7. The van der Waals surface area contributed by atoms with Gasteiger partial charge in [0.1, 0.15) is 0 Å². The Morgan fingerprint density at radius 2 is 2.00 bits per heavy atom. The van der Waals surface area contributed by atoms with Crippen molar-refractivity contribution in [1.29, 1.82) is 0 Å². The van der Waals surface area contributed by atoms with Crippen LogP contribution in [0.2, 0.25) is 0 Å². The molecule has 0 aliphatic carbocycles. The summed E-state index contributed by atoms with van der Waals surface area (Å²) in [6, 6.07) is 1.45. The molecular formula is C17H34N2O. The number of nitrogens with one attached hydrogen (secondary N) is 1. The molecule has 1 N–H and O–H groups in total. The van der Waals surface area contributed by atoms with Crippen molar-refractivity contribution in [2.75, 3.05) is 32.8 Å². The predicted octanol–water partition coefficient (Wildman–Crippen LogP) is 2.90. The van der Waals surface area contributed by atoms with Crippen molar-refractivity contribution in [3.8, 4) is 0 Å². The lowest BCUT2D eigenvalue weighted by Gasteiger charge is -2.43. The van der Waals surface area contributed by atoms with E-state index in [1.54, 1.807) is 0 Å². The standard InChI is InChI=1S/C17H34N2O/c1-4-5-16-13-19(12-15-6-8-20-9-7-15)17(11-18-16)10-14(2)3/h14-18H,4-13H2,1-3H3. The smallest absolute Gasteiger partial charge is 0.0469 e. The Balaban J connectivity index is 1.89. The van der Waals surface area contributed by atoms with Gasteiger partial charge in [-0.05, 0) is 37.5 Å². The second-order valence-corrected chi connectivity index (χ2v) is 7.19.